The lowest BCUT2D eigenvalue weighted by molar-refractivity contribution is 0.225. The molecule has 0 saturated carbocycles. The van der Waals surface area contributed by atoms with Gasteiger partial charge in [0.25, 0.3) is 0 Å². The molecule has 0 saturated heterocycles. The Balaban J connectivity index is 1.70. The summed E-state index contributed by atoms with van der Waals surface area (Å²) in [7, 11) is 8.25. The summed E-state index contributed by atoms with van der Waals surface area (Å²) in [5.41, 5.74) is 3.93. The molecule has 1 aliphatic carbocycles. The predicted octanol–water partition coefficient (Wildman–Crippen LogP) is 3.41. The summed E-state index contributed by atoms with van der Waals surface area (Å²) in [5, 5.41) is 10.7. The lowest BCUT2D eigenvalue weighted by Crippen LogP contribution is -2.15. The minimum absolute atomic E-state index is 0.587. The van der Waals surface area contributed by atoms with Crippen LogP contribution in [0.15, 0.2) is 36.4 Å². The third kappa shape index (κ3) is 5.04. The number of hydrogen-bond donors (Lipinski definition) is 1. The van der Waals surface area contributed by atoms with Crippen molar-refractivity contribution in [1.29, 1.82) is 0 Å². The highest BCUT2D eigenvalue weighted by molar-refractivity contribution is 5.80. The molecule has 0 aliphatic heterocycles. The average Bonchev–Trinajstić information content (AvgIpc) is 2.94. The van der Waals surface area contributed by atoms with Gasteiger partial charge in [-0.1, -0.05) is 12.1 Å². The molecule has 1 aliphatic rings. The van der Waals surface area contributed by atoms with Crippen LogP contribution in [0.25, 0.3) is 11.1 Å². The number of rotatable bonds is 10. The largest absolute Gasteiger partial charge is 0.494 e. The van der Waals surface area contributed by atoms with E-state index in [1.807, 2.05) is 36.4 Å². The van der Waals surface area contributed by atoms with Crippen LogP contribution in [0.1, 0.15) is 30.1 Å². The van der Waals surface area contributed by atoms with Crippen LogP contribution in [0, 0.1) is 0 Å². The number of hydrogen-bond acceptors (Lipinski definition) is 5. The average molecular weight is 385 g/mol. The normalized spacial score (nSPS) is 13.1. The van der Waals surface area contributed by atoms with Crippen molar-refractivity contribution < 1.29 is 14.6 Å². The van der Waals surface area contributed by atoms with Gasteiger partial charge in [-0.15, -0.1) is 0 Å². The van der Waals surface area contributed by atoms with Crippen molar-refractivity contribution in [2.45, 2.75) is 18.9 Å². The molecule has 1 N–H and O–H groups in total. The summed E-state index contributed by atoms with van der Waals surface area (Å²) in [4.78, 5) is 4.30. The highest BCUT2D eigenvalue weighted by atomic mass is 16.5. The Morgan fingerprint density at radius 1 is 0.750 bits per heavy atom. The quantitative estimate of drug-likeness (QED) is 0.636. The minimum Gasteiger partial charge on any atom is -0.494 e. The summed E-state index contributed by atoms with van der Waals surface area (Å²) in [6, 6.07) is 11.9. The van der Waals surface area contributed by atoms with E-state index in [1.54, 1.807) is 0 Å². The first-order valence-electron chi connectivity index (χ1n) is 9.97. The number of benzene rings is 2. The molecule has 28 heavy (non-hydrogen) atoms. The Hall–Kier alpha value is -2.08. The highest BCUT2D eigenvalue weighted by Gasteiger charge is 2.27. The Morgan fingerprint density at radius 2 is 1.18 bits per heavy atom. The predicted molar refractivity (Wildman–Crippen MR) is 113 cm³/mol. The zero-order chi connectivity index (χ0) is 20.1. The molecule has 5 nitrogen and oxygen atoms in total. The number of fused-ring (bicyclic) bond motifs is 3. The third-order valence-corrected chi connectivity index (χ3v) is 4.97. The zero-order valence-corrected chi connectivity index (χ0v) is 17.4. The van der Waals surface area contributed by atoms with E-state index in [2.05, 4.69) is 38.0 Å². The molecule has 0 spiro atoms. The molecule has 0 fully saturated rings. The van der Waals surface area contributed by atoms with Crippen LogP contribution in [-0.4, -0.2) is 69.4 Å². The fraction of sp³-hybridized carbons (Fsp3) is 0.478. The molecule has 0 bridgehead atoms. The van der Waals surface area contributed by atoms with Crippen LogP contribution >= 0.6 is 0 Å². The Labute approximate surface area is 168 Å². The van der Waals surface area contributed by atoms with Crippen LogP contribution in [0.3, 0.4) is 0 Å². The van der Waals surface area contributed by atoms with Gasteiger partial charge >= 0.3 is 0 Å². The minimum atomic E-state index is -0.587. The second-order valence-electron chi connectivity index (χ2n) is 7.91. The molecular formula is C23H32N2O3. The van der Waals surface area contributed by atoms with Crippen molar-refractivity contribution >= 4 is 0 Å². The fourth-order valence-corrected chi connectivity index (χ4v) is 3.50. The van der Waals surface area contributed by atoms with Crippen molar-refractivity contribution in [1.82, 2.24) is 9.80 Å². The number of aliphatic hydroxyl groups excluding tert-OH is 1. The zero-order valence-electron chi connectivity index (χ0n) is 17.4. The topological polar surface area (TPSA) is 45.2 Å². The molecule has 0 unspecified atom stereocenters. The number of aliphatic hydroxyl groups is 1. The highest BCUT2D eigenvalue weighted by Crippen LogP contribution is 2.46. The van der Waals surface area contributed by atoms with Gasteiger partial charge in [-0.2, -0.15) is 0 Å². The van der Waals surface area contributed by atoms with Gasteiger partial charge < -0.3 is 24.4 Å². The molecule has 5 heteroatoms. The molecule has 152 valence electrons. The van der Waals surface area contributed by atoms with Crippen molar-refractivity contribution in [3.05, 3.63) is 47.5 Å². The van der Waals surface area contributed by atoms with Gasteiger partial charge in [-0.05, 0) is 87.6 Å². The van der Waals surface area contributed by atoms with Gasteiger partial charge in [-0.3, -0.25) is 0 Å². The summed E-state index contributed by atoms with van der Waals surface area (Å²) in [6.07, 6.45) is 1.37. The Bertz CT molecular complexity index is 724. The number of nitrogens with zero attached hydrogens (tertiary/aromatic N) is 2. The monoisotopic (exact) mass is 384 g/mol. The van der Waals surface area contributed by atoms with Gasteiger partial charge in [0.05, 0.1) is 13.2 Å². The maximum atomic E-state index is 10.7. The van der Waals surface area contributed by atoms with E-state index in [0.717, 1.165) is 59.7 Å². The smallest absolute Gasteiger partial charge is 0.119 e. The first-order chi connectivity index (χ1) is 13.5. The standard InChI is InChI=1S/C23H32N2O3/c1-24(2)11-5-13-27-17-7-9-19-21(15-17)22-16-18(8-10-20(22)23(19)26)28-14-6-12-25(3)4/h7-10,15-16,23,26H,5-6,11-14H2,1-4H3. The van der Waals surface area contributed by atoms with Crippen LogP contribution in [0.4, 0.5) is 0 Å². The van der Waals surface area contributed by atoms with Crippen LogP contribution in [-0.2, 0) is 0 Å². The first kappa shape index (κ1) is 20.6. The van der Waals surface area contributed by atoms with E-state index < -0.39 is 6.10 Å². The van der Waals surface area contributed by atoms with E-state index in [-0.39, 0.29) is 0 Å². The van der Waals surface area contributed by atoms with E-state index >= 15 is 0 Å². The maximum absolute atomic E-state index is 10.7. The van der Waals surface area contributed by atoms with Gasteiger partial charge in [0.1, 0.15) is 17.6 Å². The second kappa shape index (κ2) is 9.41. The first-order valence-corrected chi connectivity index (χ1v) is 9.97. The van der Waals surface area contributed by atoms with Crippen molar-refractivity contribution in [3.63, 3.8) is 0 Å². The summed E-state index contributed by atoms with van der Waals surface area (Å²) in [5.74, 6) is 1.68. The van der Waals surface area contributed by atoms with Gasteiger partial charge in [0, 0.05) is 13.1 Å². The lowest BCUT2D eigenvalue weighted by Gasteiger charge is -2.12. The molecule has 0 atom stereocenters. The van der Waals surface area contributed by atoms with E-state index in [0.29, 0.717) is 13.2 Å². The molecule has 0 radical (unpaired) electrons. The Morgan fingerprint density at radius 3 is 1.57 bits per heavy atom. The van der Waals surface area contributed by atoms with Gasteiger partial charge in [0.15, 0.2) is 0 Å². The molecular weight excluding hydrogens is 352 g/mol. The van der Waals surface area contributed by atoms with Crippen LogP contribution in [0.2, 0.25) is 0 Å². The molecule has 2 aromatic rings. The molecule has 0 amide bonds. The van der Waals surface area contributed by atoms with Crippen molar-refractivity contribution in [2.24, 2.45) is 0 Å². The fourth-order valence-electron chi connectivity index (χ4n) is 3.50. The lowest BCUT2D eigenvalue weighted by atomic mass is 10.1. The summed E-state index contributed by atoms with van der Waals surface area (Å²) < 4.78 is 11.8. The van der Waals surface area contributed by atoms with Gasteiger partial charge in [-0.25, -0.2) is 0 Å². The molecule has 3 rings (SSSR count). The third-order valence-electron chi connectivity index (χ3n) is 4.97. The van der Waals surface area contributed by atoms with E-state index in [1.165, 1.54) is 0 Å². The summed E-state index contributed by atoms with van der Waals surface area (Å²) in [6.45, 7) is 3.37. The van der Waals surface area contributed by atoms with Crippen molar-refractivity contribution in [3.8, 4) is 22.6 Å². The van der Waals surface area contributed by atoms with Crippen molar-refractivity contribution in [2.75, 3.05) is 54.5 Å². The summed E-state index contributed by atoms with van der Waals surface area (Å²) >= 11 is 0. The second-order valence-corrected chi connectivity index (χ2v) is 7.91. The molecule has 2 aromatic carbocycles. The van der Waals surface area contributed by atoms with Gasteiger partial charge in [0.2, 0.25) is 0 Å². The molecule has 0 heterocycles. The Kier molecular flexibility index (Phi) is 6.94. The maximum Gasteiger partial charge on any atom is 0.119 e. The SMILES string of the molecule is CN(C)CCCOc1ccc2c(c1)-c1cc(OCCCN(C)C)ccc1C2O. The number of ether oxygens (including phenoxy) is 2. The van der Waals surface area contributed by atoms with Crippen LogP contribution < -0.4 is 9.47 Å². The van der Waals surface area contributed by atoms with E-state index in [9.17, 15) is 5.11 Å². The van der Waals surface area contributed by atoms with E-state index in [4.69, 9.17) is 9.47 Å². The molecule has 0 aromatic heterocycles. The van der Waals surface area contributed by atoms with Crippen LogP contribution in [0.5, 0.6) is 11.5 Å².